The Morgan fingerprint density at radius 1 is 0.327 bits per heavy atom. The van der Waals surface area contributed by atoms with E-state index in [1.807, 2.05) is 30.0 Å². The Labute approximate surface area is 288 Å². The van der Waals surface area contributed by atoms with Gasteiger partial charge < -0.3 is 0 Å². The molecule has 0 aliphatic carbocycles. The van der Waals surface area contributed by atoms with Gasteiger partial charge in [-0.2, -0.15) is 0 Å². The summed E-state index contributed by atoms with van der Waals surface area (Å²) in [5.74, 6) is 1.99. The van der Waals surface area contributed by atoms with Crippen LogP contribution in [0.3, 0.4) is 0 Å². The summed E-state index contributed by atoms with van der Waals surface area (Å²) in [6.07, 6.45) is 0. The first kappa shape index (κ1) is 28.0. The number of aromatic nitrogens is 3. The zero-order valence-corrected chi connectivity index (χ0v) is 27.2. The number of benzene rings is 8. The molecule has 1 aliphatic heterocycles. The Morgan fingerprint density at radius 3 is 1.69 bits per heavy atom. The highest BCUT2D eigenvalue weighted by atomic mass is 32.2. The lowest BCUT2D eigenvalue weighted by Gasteiger charge is -2.22. The van der Waals surface area contributed by atoms with Gasteiger partial charge in [0.1, 0.15) is 0 Å². The third-order valence-electron chi connectivity index (χ3n) is 9.49. The summed E-state index contributed by atoms with van der Waals surface area (Å²) >= 11 is 1.83. The minimum absolute atomic E-state index is 0.661. The van der Waals surface area contributed by atoms with E-state index in [-0.39, 0.29) is 0 Å². The number of fused-ring (bicyclic) bond motifs is 4. The highest BCUT2D eigenvalue weighted by Gasteiger charge is 2.23. The standard InChI is InChI=1S/C45H27N3S/c1-2-11-30(12-3-1)43-46-44(35-20-18-29-10-5-7-14-32(29)26-35)48-45(47-43)38-22-24-41-42-36(38)15-8-16-37(42)39-27-34(21-23-40(39)49-41)33-19-17-28-9-4-6-13-31(28)25-33/h1-27H. The molecule has 0 fully saturated rings. The molecule has 0 spiro atoms. The normalized spacial score (nSPS) is 12.0. The average molecular weight is 642 g/mol. The van der Waals surface area contributed by atoms with Gasteiger partial charge in [-0.05, 0) is 85.6 Å². The monoisotopic (exact) mass is 641 g/mol. The molecule has 0 amide bonds. The van der Waals surface area contributed by atoms with E-state index in [9.17, 15) is 0 Å². The fourth-order valence-corrected chi connectivity index (χ4v) is 8.16. The van der Waals surface area contributed by atoms with Gasteiger partial charge in [0.15, 0.2) is 17.5 Å². The van der Waals surface area contributed by atoms with E-state index >= 15 is 0 Å². The molecule has 1 aliphatic rings. The van der Waals surface area contributed by atoms with Crippen molar-refractivity contribution in [1.29, 1.82) is 0 Å². The predicted octanol–water partition coefficient (Wildman–Crippen LogP) is 12.1. The maximum Gasteiger partial charge on any atom is 0.164 e. The summed E-state index contributed by atoms with van der Waals surface area (Å²) in [6.45, 7) is 0. The first-order valence-electron chi connectivity index (χ1n) is 16.4. The second kappa shape index (κ2) is 11.3. The summed E-state index contributed by atoms with van der Waals surface area (Å²) in [5, 5.41) is 7.22. The summed E-state index contributed by atoms with van der Waals surface area (Å²) < 4.78 is 0. The minimum atomic E-state index is 0.661. The molecule has 0 bridgehead atoms. The number of hydrogen-bond donors (Lipinski definition) is 0. The third-order valence-corrected chi connectivity index (χ3v) is 10.6. The van der Waals surface area contributed by atoms with Crippen molar-refractivity contribution in [2.75, 3.05) is 0 Å². The van der Waals surface area contributed by atoms with E-state index in [1.54, 1.807) is 0 Å². The Morgan fingerprint density at radius 2 is 0.918 bits per heavy atom. The Hall–Kier alpha value is -6.10. The Balaban J connectivity index is 1.15. The van der Waals surface area contributed by atoms with Crippen LogP contribution in [0.5, 0.6) is 0 Å². The van der Waals surface area contributed by atoms with Crippen LogP contribution in [0.1, 0.15) is 0 Å². The van der Waals surface area contributed by atoms with Crippen molar-refractivity contribution in [2.45, 2.75) is 9.79 Å². The topological polar surface area (TPSA) is 38.7 Å². The molecule has 9 aromatic rings. The van der Waals surface area contributed by atoms with Crippen LogP contribution in [-0.4, -0.2) is 15.0 Å². The third kappa shape index (κ3) is 4.80. The molecule has 0 saturated heterocycles. The van der Waals surface area contributed by atoms with E-state index in [1.165, 1.54) is 53.6 Å². The molecule has 10 rings (SSSR count). The first-order valence-corrected chi connectivity index (χ1v) is 17.3. The second-order valence-electron chi connectivity index (χ2n) is 12.4. The zero-order valence-electron chi connectivity index (χ0n) is 26.3. The van der Waals surface area contributed by atoms with Crippen LogP contribution in [0.15, 0.2) is 174 Å². The summed E-state index contributed by atoms with van der Waals surface area (Å²) in [4.78, 5) is 17.8. The van der Waals surface area contributed by atoms with Crippen molar-refractivity contribution < 1.29 is 0 Å². The van der Waals surface area contributed by atoms with Gasteiger partial charge in [-0.1, -0.05) is 139 Å². The molecule has 2 heterocycles. The fourth-order valence-electron chi connectivity index (χ4n) is 7.05. The van der Waals surface area contributed by atoms with Crippen LogP contribution in [-0.2, 0) is 0 Å². The molecule has 0 atom stereocenters. The molecular formula is C45H27N3S. The molecule has 228 valence electrons. The van der Waals surface area contributed by atoms with Crippen molar-refractivity contribution >= 4 is 44.1 Å². The molecule has 0 unspecified atom stereocenters. The molecule has 0 N–H and O–H groups in total. The lowest BCUT2D eigenvalue weighted by atomic mass is 9.92. The summed E-state index contributed by atoms with van der Waals surface area (Å²) in [6, 6.07) is 58.2. The van der Waals surface area contributed by atoms with E-state index in [0.29, 0.717) is 17.5 Å². The summed E-state index contributed by atoms with van der Waals surface area (Å²) in [5.41, 5.74) is 7.84. The van der Waals surface area contributed by atoms with Crippen molar-refractivity contribution in [1.82, 2.24) is 15.0 Å². The maximum atomic E-state index is 5.15. The van der Waals surface area contributed by atoms with E-state index in [0.717, 1.165) is 27.5 Å². The van der Waals surface area contributed by atoms with Crippen LogP contribution in [0, 0.1) is 0 Å². The maximum absolute atomic E-state index is 5.15. The Bertz CT molecular complexity index is 2750. The highest BCUT2D eigenvalue weighted by molar-refractivity contribution is 7.99. The van der Waals surface area contributed by atoms with Gasteiger partial charge in [0, 0.05) is 31.9 Å². The minimum Gasteiger partial charge on any atom is -0.208 e. The van der Waals surface area contributed by atoms with E-state index < -0.39 is 0 Å². The van der Waals surface area contributed by atoms with Gasteiger partial charge >= 0.3 is 0 Å². The van der Waals surface area contributed by atoms with Gasteiger partial charge in [0.05, 0.1) is 0 Å². The number of hydrogen-bond acceptors (Lipinski definition) is 4. The SMILES string of the molecule is c1ccc(-c2nc(-c3ccc4ccccc4c3)nc(-c3ccc4c5c(cccc35)-c3cc(-c5ccc6ccccc6c5)ccc3S4)n2)cc1. The van der Waals surface area contributed by atoms with Crippen LogP contribution in [0.25, 0.3) is 88.7 Å². The molecule has 8 aromatic carbocycles. The van der Waals surface area contributed by atoms with Gasteiger partial charge in [-0.15, -0.1) is 0 Å². The van der Waals surface area contributed by atoms with Gasteiger partial charge in [0.25, 0.3) is 0 Å². The summed E-state index contributed by atoms with van der Waals surface area (Å²) in [7, 11) is 0. The lowest BCUT2D eigenvalue weighted by molar-refractivity contribution is 1.08. The largest absolute Gasteiger partial charge is 0.208 e. The molecule has 0 saturated carbocycles. The number of rotatable bonds is 4. The van der Waals surface area contributed by atoms with Crippen LogP contribution < -0.4 is 0 Å². The van der Waals surface area contributed by atoms with E-state index in [2.05, 4.69) is 146 Å². The zero-order chi connectivity index (χ0) is 32.3. The molecule has 3 nitrogen and oxygen atoms in total. The molecular weight excluding hydrogens is 615 g/mol. The molecule has 1 aromatic heterocycles. The highest BCUT2D eigenvalue weighted by Crippen LogP contribution is 2.50. The Kier molecular flexibility index (Phi) is 6.42. The molecule has 49 heavy (non-hydrogen) atoms. The van der Waals surface area contributed by atoms with Gasteiger partial charge in [-0.25, -0.2) is 15.0 Å². The van der Waals surface area contributed by atoms with Gasteiger partial charge in [0.2, 0.25) is 0 Å². The van der Waals surface area contributed by atoms with Gasteiger partial charge in [-0.3, -0.25) is 0 Å². The van der Waals surface area contributed by atoms with Crippen molar-refractivity contribution in [3.63, 3.8) is 0 Å². The smallest absolute Gasteiger partial charge is 0.164 e. The lowest BCUT2D eigenvalue weighted by Crippen LogP contribution is -2.01. The van der Waals surface area contributed by atoms with Crippen LogP contribution >= 0.6 is 11.8 Å². The van der Waals surface area contributed by atoms with E-state index in [4.69, 9.17) is 15.0 Å². The quantitative estimate of drug-likeness (QED) is 0.192. The fraction of sp³-hybridized carbons (Fsp3) is 0. The van der Waals surface area contributed by atoms with Crippen LogP contribution in [0.4, 0.5) is 0 Å². The second-order valence-corrected chi connectivity index (χ2v) is 13.5. The van der Waals surface area contributed by atoms with Crippen molar-refractivity contribution in [3.05, 3.63) is 164 Å². The first-order chi connectivity index (χ1) is 24.2. The molecule has 4 heteroatoms. The van der Waals surface area contributed by atoms with Crippen LogP contribution in [0.2, 0.25) is 0 Å². The number of nitrogens with zero attached hydrogens (tertiary/aromatic N) is 3. The predicted molar refractivity (Wildman–Crippen MR) is 204 cm³/mol. The average Bonchev–Trinajstić information content (AvgIpc) is 3.18. The molecule has 0 radical (unpaired) electrons. The van der Waals surface area contributed by atoms with Crippen molar-refractivity contribution in [2.24, 2.45) is 0 Å². The van der Waals surface area contributed by atoms with Crippen molar-refractivity contribution in [3.8, 4) is 56.4 Å².